The summed E-state index contributed by atoms with van der Waals surface area (Å²) in [5.41, 5.74) is 2.34. The molecular weight excluding hydrogens is 346 g/mol. The highest BCUT2D eigenvalue weighted by Gasteiger charge is 2.07. The van der Waals surface area contributed by atoms with Gasteiger partial charge < -0.3 is 14.8 Å². The Balaban J connectivity index is 1.78. The Hall–Kier alpha value is -2.14. The second-order valence-electron chi connectivity index (χ2n) is 5.85. The molecule has 0 fully saturated rings. The minimum Gasteiger partial charge on any atom is -0.490 e. The highest BCUT2D eigenvalue weighted by molar-refractivity contribution is 8.00. The van der Waals surface area contributed by atoms with E-state index in [4.69, 9.17) is 9.47 Å². The molecule has 0 radical (unpaired) electrons. The summed E-state index contributed by atoms with van der Waals surface area (Å²) >= 11 is 1.55. The van der Waals surface area contributed by atoms with Gasteiger partial charge in [0.15, 0.2) is 11.5 Å². The van der Waals surface area contributed by atoms with Crippen LogP contribution in [0.5, 0.6) is 11.5 Å². The molecule has 0 saturated carbocycles. The minimum atomic E-state index is 0.0477. The van der Waals surface area contributed by atoms with Crippen molar-refractivity contribution in [2.24, 2.45) is 0 Å². The van der Waals surface area contributed by atoms with Gasteiger partial charge in [-0.25, -0.2) is 0 Å². The van der Waals surface area contributed by atoms with E-state index in [9.17, 15) is 4.79 Å². The molecule has 0 atom stereocenters. The summed E-state index contributed by atoms with van der Waals surface area (Å²) in [5.74, 6) is 1.99. The zero-order chi connectivity index (χ0) is 18.8. The third kappa shape index (κ3) is 6.64. The lowest BCUT2D eigenvalue weighted by molar-refractivity contribution is -0.118. The predicted octanol–water partition coefficient (Wildman–Crippen LogP) is 4.24. The number of ether oxygens (including phenoxy) is 2. The highest BCUT2D eigenvalue weighted by Crippen LogP contribution is 2.28. The molecule has 0 unspecified atom stereocenters. The van der Waals surface area contributed by atoms with E-state index in [0.29, 0.717) is 25.5 Å². The third-order valence-electron chi connectivity index (χ3n) is 3.73. The Morgan fingerprint density at radius 3 is 2.38 bits per heavy atom. The molecule has 5 heteroatoms. The highest BCUT2D eigenvalue weighted by atomic mass is 32.2. The van der Waals surface area contributed by atoms with E-state index in [1.54, 1.807) is 11.8 Å². The fourth-order valence-corrected chi connectivity index (χ4v) is 3.16. The number of thioether (sulfide) groups is 1. The van der Waals surface area contributed by atoms with Crippen molar-refractivity contribution in [3.63, 3.8) is 0 Å². The smallest absolute Gasteiger partial charge is 0.230 e. The number of carbonyl (C=O) groups is 1. The summed E-state index contributed by atoms with van der Waals surface area (Å²) in [4.78, 5) is 13.1. The van der Waals surface area contributed by atoms with Crippen LogP contribution in [0.25, 0.3) is 0 Å². The van der Waals surface area contributed by atoms with E-state index in [1.807, 2.05) is 44.2 Å². The van der Waals surface area contributed by atoms with Crippen LogP contribution >= 0.6 is 11.8 Å². The number of benzene rings is 2. The number of carbonyl (C=O) groups excluding carboxylic acids is 1. The molecule has 4 nitrogen and oxygen atoms in total. The molecule has 0 bridgehead atoms. The van der Waals surface area contributed by atoms with E-state index >= 15 is 0 Å². The second-order valence-corrected chi connectivity index (χ2v) is 6.90. The van der Waals surface area contributed by atoms with E-state index in [-0.39, 0.29) is 5.91 Å². The van der Waals surface area contributed by atoms with Gasteiger partial charge in [-0.15, -0.1) is 11.8 Å². The average Bonchev–Trinajstić information content (AvgIpc) is 2.64. The van der Waals surface area contributed by atoms with Crippen molar-refractivity contribution in [2.45, 2.75) is 32.1 Å². The van der Waals surface area contributed by atoms with Gasteiger partial charge >= 0.3 is 0 Å². The standard InChI is InChI=1S/C21H27NO3S/c1-4-24-19-11-8-17(14-20(19)25-5-2)12-13-22-21(23)15-26-18-9-6-16(3)7-10-18/h6-11,14H,4-5,12-13,15H2,1-3H3,(H,22,23). The van der Waals surface area contributed by atoms with Gasteiger partial charge in [-0.3, -0.25) is 4.79 Å². The van der Waals surface area contributed by atoms with Crippen LogP contribution in [0.4, 0.5) is 0 Å². The van der Waals surface area contributed by atoms with E-state index in [2.05, 4.69) is 24.4 Å². The average molecular weight is 374 g/mol. The molecule has 0 saturated heterocycles. The first-order valence-corrected chi connectivity index (χ1v) is 9.95. The largest absolute Gasteiger partial charge is 0.490 e. The Labute approximate surface area is 160 Å². The van der Waals surface area contributed by atoms with Crippen molar-refractivity contribution in [1.29, 1.82) is 0 Å². The Morgan fingerprint density at radius 1 is 1.00 bits per heavy atom. The minimum absolute atomic E-state index is 0.0477. The van der Waals surface area contributed by atoms with Gasteiger partial charge in [0.1, 0.15) is 0 Å². The molecule has 2 aromatic carbocycles. The number of amides is 1. The van der Waals surface area contributed by atoms with E-state index in [0.717, 1.165) is 28.4 Å². The molecule has 0 aliphatic carbocycles. The van der Waals surface area contributed by atoms with Crippen LogP contribution in [-0.4, -0.2) is 31.4 Å². The summed E-state index contributed by atoms with van der Waals surface area (Å²) in [6, 6.07) is 14.1. The van der Waals surface area contributed by atoms with Crippen LogP contribution < -0.4 is 14.8 Å². The van der Waals surface area contributed by atoms with E-state index < -0.39 is 0 Å². The maximum atomic E-state index is 12.0. The van der Waals surface area contributed by atoms with Crippen LogP contribution in [0, 0.1) is 6.92 Å². The van der Waals surface area contributed by atoms with Crippen LogP contribution in [0.3, 0.4) is 0 Å². The molecule has 140 valence electrons. The predicted molar refractivity (Wildman–Crippen MR) is 107 cm³/mol. The zero-order valence-electron chi connectivity index (χ0n) is 15.7. The van der Waals surface area contributed by atoms with Crippen LogP contribution in [0.2, 0.25) is 0 Å². The number of aryl methyl sites for hydroxylation is 1. The molecular formula is C21H27NO3S. The topological polar surface area (TPSA) is 47.6 Å². The zero-order valence-corrected chi connectivity index (χ0v) is 16.5. The van der Waals surface area contributed by atoms with E-state index in [1.165, 1.54) is 5.56 Å². The number of hydrogen-bond acceptors (Lipinski definition) is 4. The summed E-state index contributed by atoms with van der Waals surface area (Å²) in [5, 5.41) is 2.97. The Kier molecular flexibility index (Phi) is 8.35. The van der Waals surface area contributed by atoms with Crippen molar-refractivity contribution in [2.75, 3.05) is 25.5 Å². The third-order valence-corrected chi connectivity index (χ3v) is 4.75. The number of nitrogens with one attached hydrogen (secondary N) is 1. The van der Waals surface area contributed by atoms with Crippen LogP contribution in [0.15, 0.2) is 47.4 Å². The summed E-state index contributed by atoms with van der Waals surface area (Å²) < 4.78 is 11.2. The van der Waals surface area contributed by atoms with Crippen molar-refractivity contribution in [1.82, 2.24) is 5.32 Å². The van der Waals surface area contributed by atoms with Gasteiger partial charge in [0.25, 0.3) is 0 Å². The maximum Gasteiger partial charge on any atom is 0.230 e. The molecule has 2 aromatic rings. The molecule has 0 aliphatic rings. The lowest BCUT2D eigenvalue weighted by Gasteiger charge is -2.12. The normalized spacial score (nSPS) is 10.4. The molecule has 1 N–H and O–H groups in total. The quantitative estimate of drug-likeness (QED) is 0.633. The van der Waals surface area contributed by atoms with Crippen molar-refractivity contribution in [3.8, 4) is 11.5 Å². The first-order valence-electron chi connectivity index (χ1n) is 8.97. The van der Waals surface area contributed by atoms with Crippen molar-refractivity contribution in [3.05, 3.63) is 53.6 Å². The lowest BCUT2D eigenvalue weighted by atomic mass is 10.1. The van der Waals surface area contributed by atoms with Gasteiger partial charge in [-0.05, 0) is 57.0 Å². The number of rotatable bonds is 10. The van der Waals surface area contributed by atoms with Gasteiger partial charge in [-0.1, -0.05) is 23.8 Å². The molecule has 0 aromatic heterocycles. The SMILES string of the molecule is CCOc1ccc(CCNC(=O)CSc2ccc(C)cc2)cc1OCC. The van der Waals surface area contributed by atoms with Gasteiger partial charge in [0.05, 0.1) is 19.0 Å². The number of hydrogen-bond donors (Lipinski definition) is 1. The monoisotopic (exact) mass is 373 g/mol. The first kappa shape index (κ1) is 20.2. The van der Waals surface area contributed by atoms with Crippen molar-refractivity contribution < 1.29 is 14.3 Å². The molecule has 0 heterocycles. The summed E-state index contributed by atoms with van der Waals surface area (Å²) in [6.45, 7) is 7.76. The lowest BCUT2D eigenvalue weighted by Crippen LogP contribution is -2.27. The van der Waals surface area contributed by atoms with Crippen LogP contribution in [-0.2, 0) is 11.2 Å². The first-order chi connectivity index (χ1) is 12.6. The van der Waals surface area contributed by atoms with Crippen molar-refractivity contribution >= 4 is 17.7 Å². The van der Waals surface area contributed by atoms with Gasteiger partial charge in [0, 0.05) is 11.4 Å². The van der Waals surface area contributed by atoms with Crippen LogP contribution in [0.1, 0.15) is 25.0 Å². The summed E-state index contributed by atoms with van der Waals surface area (Å²) in [7, 11) is 0. The molecule has 1 amide bonds. The molecule has 0 aliphatic heterocycles. The van der Waals surface area contributed by atoms with Gasteiger partial charge in [0.2, 0.25) is 5.91 Å². The van der Waals surface area contributed by atoms with Gasteiger partial charge in [-0.2, -0.15) is 0 Å². The fraction of sp³-hybridized carbons (Fsp3) is 0.381. The molecule has 2 rings (SSSR count). The molecule has 0 spiro atoms. The second kappa shape index (κ2) is 10.8. The Morgan fingerprint density at radius 2 is 1.69 bits per heavy atom. The fourth-order valence-electron chi connectivity index (χ4n) is 2.43. The summed E-state index contributed by atoms with van der Waals surface area (Å²) in [6.07, 6.45) is 0.757. The molecule has 26 heavy (non-hydrogen) atoms. The maximum absolute atomic E-state index is 12.0. The Bertz CT molecular complexity index is 701.